The molecule has 0 spiro atoms. The van der Waals surface area contributed by atoms with Gasteiger partial charge in [0, 0.05) is 25.1 Å². The van der Waals surface area contributed by atoms with Gasteiger partial charge in [-0.3, -0.25) is 4.79 Å². The number of halogens is 5. The maximum absolute atomic E-state index is 14.9. The van der Waals surface area contributed by atoms with Gasteiger partial charge in [-0.25, -0.2) is 8.78 Å². The third-order valence-electron chi connectivity index (χ3n) is 5.36. The summed E-state index contributed by atoms with van der Waals surface area (Å²) in [6, 6.07) is 5.98. The van der Waals surface area contributed by atoms with Crippen molar-refractivity contribution < 1.29 is 36.6 Å². The second-order valence-electron chi connectivity index (χ2n) is 7.23. The Kier molecular flexibility index (Phi) is 4.63. The van der Waals surface area contributed by atoms with Crippen LogP contribution in [0.3, 0.4) is 0 Å². The molecule has 1 fully saturated rings. The molecule has 1 N–H and O–H groups in total. The van der Waals surface area contributed by atoms with Gasteiger partial charge in [0.15, 0.2) is 0 Å². The van der Waals surface area contributed by atoms with Crippen LogP contribution in [0.5, 0.6) is 5.75 Å². The quantitative estimate of drug-likeness (QED) is 0.744. The molecular weight excluding hydrogens is 397 g/mol. The van der Waals surface area contributed by atoms with Crippen LogP contribution in [-0.2, 0) is 17.8 Å². The summed E-state index contributed by atoms with van der Waals surface area (Å²) in [5.41, 5.74) is 1.34. The number of ether oxygens (including phenoxy) is 1. The summed E-state index contributed by atoms with van der Waals surface area (Å²) in [4.78, 5) is 12.6. The minimum atomic E-state index is -4.89. The fraction of sp³-hybridized carbons (Fsp3) is 0.350. The van der Waals surface area contributed by atoms with Crippen LogP contribution >= 0.6 is 0 Å². The molecule has 2 aromatic rings. The molecule has 0 unspecified atom stereocenters. The SMILES string of the molecule is O=C(O)[C@@H]1C[C@H]1c1ccc2c(c1F)CCN(c1cc(OC(F)(F)F)ccc1F)C2. The number of carboxylic acids is 1. The van der Waals surface area contributed by atoms with E-state index >= 15 is 0 Å². The lowest BCUT2D eigenvalue weighted by atomic mass is 9.94. The van der Waals surface area contributed by atoms with Crippen molar-refractivity contribution in [3.63, 3.8) is 0 Å². The Bertz CT molecular complexity index is 975. The first-order valence-corrected chi connectivity index (χ1v) is 8.97. The number of hydrogen-bond acceptors (Lipinski definition) is 3. The lowest BCUT2D eigenvalue weighted by molar-refractivity contribution is -0.274. The molecule has 9 heteroatoms. The number of benzene rings is 2. The summed E-state index contributed by atoms with van der Waals surface area (Å²) in [6.07, 6.45) is -4.27. The topological polar surface area (TPSA) is 49.8 Å². The zero-order valence-electron chi connectivity index (χ0n) is 15.0. The van der Waals surface area contributed by atoms with Crippen LogP contribution in [0, 0.1) is 17.6 Å². The van der Waals surface area contributed by atoms with Crippen LogP contribution in [0.1, 0.15) is 29.0 Å². The predicted octanol–water partition coefficient (Wildman–Crippen LogP) is 4.61. The highest BCUT2D eigenvalue weighted by Crippen LogP contribution is 2.49. The Labute approximate surface area is 162 Å². The van der Waals surface area contributed by atoms with Gasteiger partial charge in [0.2, 0.25) is 0 Å². The number of anilines is 1. The first-order valence-electron chi connectivity index (χ1n) is 8.97. The van der Waals surface area contributed by atoms with Gasteiger partial charge in [0.25, 0.3) is 0 Å². The lowest BCUT2D eigenvalue weighted by Gasteiger charge is -2.32. The summed E-state index contributed by atoms with van der Waals surface area (Å²) in [6.45, 7) is 0.318. The van der Waals surface area contributed by atoms with Crippen LogP contribution in [0.15, 0.2) is 30.3 Å². The number of rotatable bonds is 4. The molecule has 4 rings (SSSR count). The average molecular weight is 413 g/mol. The first-order chi connectivity index (χ1) is 13.6. The summed E-state index contributed by atoms with van der Waals surface area (Å²) < 4.78 is 70.3. The lowest BCUT2D eigenvalue weighted by Crippen LogP contribution is -2.32. The molecule has 1 aliphatic heterocycles. The highest BCUT2D eigenvalue weighted by molar-refractivity contribution is 5.75. The van der Waals surface area contributed by atoms with E-state index in [-0.39, 0.29) is 31.1 Å². The van der Waals surface area contributed by atoms with E-state index in [4.69, 9.17) is 5.11 Å². The molecule has 1 saturated carbocycles. The van der Waals surface area contributed by atoms with Crippen molar-refractivity contribution >= 4 is 11.7 Å². The van der Waals surface area contributed by atoms with Gasteiger partial charge in [-0.1, -0.05) is 12.1 Å². The zero-order chi connectivity index (χ0) is 20.9. The normalized spacial score (nSPS) is 20.9. The Morgan fingerprint density at radius 2 is 1.93 bits per heavy atom. The molecule has 0 saturated heterocycles. The van der Waals surface area contributed by atoms with Crippen molar-refractivity contribution in [3.05, 3.63) is 58.7 Å². The minimum absolute atomic E-state index is 0.0602. The number of fused-ring (bicyclic) bond motifs is 1. The van der Waals surface area contributed by atoms with E-state index in [9.17, 15) is 26.7 Å². The minimum Gasteiger partial charge on any atom is -0.481 e. The summed E-state index contributed by atoms with van der Waals surface area (Å²) >= 11 is 0. The van der Waals surface area contributed by atoms with Crippen LogP contribution < -0.4 is 9.64 Å². The predicted molar refractivity (Wildman–Crippen MR) is 92.7 cm³/mol. The number of carbonyl (C=O) groups is 1. The third-order valence-corrected chi connectivity index (χ3v) is 5.36. The van der Waals surface area contributed by atoms with Gasteiger partial charge >= 0.3 is 12.3 Å². The van der Waals surface area contributed by atoms with E-state index in [1.165, 1.54) is 4.90 Å². The molecular formula is C20H16F5NO3. The highest BCUT2D eigenvalue weighted by atomic mass is 19.4. The van der Waals surface area contributed by atoms with E-state index in [0.717, 1.165) is 18.2 Å². The van der Waals surface area contributed by atoms with Gasteiger partial charge in [0.1, 0.15) is 17.4 Å². The van der Waals surface area contributed by atoms with Crippen LogP contribution in [0.4, 0.5) is 27.6 Å². The molecule has 0 aromatic heterocycles. The number of hydrogen-bond donors (Lipinski definition) is 1. The van der Waals surface area contributed by atoms with Gasteiger partial charge in [-0.15, -0.1) is 13.2 Å². The van der Waals surface area contributed by atoms with E-state index in [2.05, 4.69) is 4.74 Å². The van der Waals surface area contributed by atoms with Crippen LogP contribution in [0.25, 0.3) is 0 Å². The number of nitrogens with zero attached hydrogens (tertiary/aromatic N) is 1. The van der Waals surface area contributed by atoms with Gasteiger partial charge in [-0.2, -0.15) is 0 Å². The molecule has 2 atom stereocenters. The van der Waals surface area contributed by atoms with Crippen molar-refractivity contribution in [2.75, 3.05) is 11.4 Å². The summed E-state index contributed by atoms with van der Waals surface area (Å²) in [7, 11) is 0. The molecule has 0 amide bonds. The van der Waals surface area contributed by atoms with Crippen LogP contribution in [0.2, 0.25) is 0 Å². The Morgan fingerprint density at radius 3 is 2.59 bits per heavy atom. The monoisotopic (exact) mass is 413 g/mol. The van der Waals surface area contributed by atoms with Gasteiger partial charge in [0.05, 0.1) is 11.6 Å². The second-order valence-corrected chi connectivity index (χ2v) is 7.23. The van der Waals surface area contributed by atoms with Crippen molar-refractivity contribution in [1.82, 2.24) is 0 Å². The van der Waals surface area contributed by atoms with Gasteiger partial charge in [-0.05, 0) is 41.7 Å². The molecule has 29 heavy (non-hydrogen) atoms. The maximum atomic E-state index is 14.9. The zero-order valence-corrected chi connectivity index (χ0v) is 15.0. The molecule has 2 aliphatic rings. The van der Waals surface area contributed by atoms with Gasteiger partial charge < -0.3 is 14.7 Å². The Morgan fingerprint density at radius 1 is 1.17 bits per heavy atom. The number of alkyl halides is 3. The average Bonchev–Trinajstić information content (AvgIpc) is 3.43. The molecule has 0 radical (unpaired) electrons. The maximum Gasteiger partial charge on any atom is 0.573 e. The van der Waals surface area contributed by atoms with Crippen molar-refractivity contribution in [1.29, 1.82) is 0 Å². The molecule has 154 valence electrons. The van der Waals surface area contributed by atoms with E-state index in [0.29, 0.717) is 23.1 Å². The standard InChI is InChI=1S/C20H16F5NO3/c21-16-4-2-11(29-20(23,24)25)7-17(16)26-6-5-12-10(9-26)1-3-13(18(12)22)14-8-15(14)19(27)28/h1-4,7,14-15H,5-6,8-9H2,(H,27,28)/t14-,15+/m0/s1. The molecule has 1 heterocycles. The fourth-order valence-corrected chi connectivity index (χ4v) is 3.86. The van der Waals surface area contributed by atoms with E-state index in [1.54, 1.807) is 12.1 Å². The molecule has 1 aliphatic carbocycles. The number of aliphatic carboxylic acids is 1. The van der Waals surface area contributed by atoms with Crippen LogP contribution in [-0.4, -0.2) is 24.0 Å². The molecule has 2 aromatic carbocycles. The van der Waals surface area contributed by atoms with E-state index < -0.39 is 35.6 Å². The Balaban J connectivity index is 1.58. The molecule has 4 nitrogen and oxygen atoms in total. The van der Waals surface area contributed by atoms with Crippen molar-refractivity contribution in [2.45, 2.75) is 31.7 Å². The fourth-order valence-electron chi connectivity index (χ4n) is 3.86. The number of carboxylic acid groups (broad SMARTS) is 1. The van der Waals surface area contributed by atoms with E-state index in [1.807, 2.05) is 0 Å². The Hall–Kier alpha value is -2.84. The highest BCUT2D eigenvalue weighted by Gasteiger charge is 2.46. The summed E-state index contributed by atoms with van der Waals surface area (Å²) in [5.74, 6) is -3.55. The molecule has 0 bridgehead atoms. The smallest absolute Gasteiger partial charge is 0.481 e. The third kappa shape index (κ3) is 3.86. The first kappa shape index (κ1) is 19.5. The van der Waals surface area contributed by atoms with Crippen molar-refractivity contribution in [2.24, 2.45) is 5.92 Å². The summed E-state index contributed by atoms with van der Waals surface area (Å²) in [5, 5.41) is 9.05. The van der Waals surface area contributed by atoms with Crippen molar-refractivity contribution in [3.8, 4) is 5.75 Å². The second kappa shape index (κ2) is 6.89. The largest absolute Gasteiger partial charge is 0.573 e.